The molecule has 0 bridgehead atoms. The van der Waals surface area contributed by atoms with Crippen molar-refractivity contribution in [1.29, 1.82) is 0 Å². The third kappa shape index (κ3) is 1.38. The van der Waals surface area contributed by atoms with Crippen molar-refractivity contribution < 1.29 is 9.59 Å². The molecule has 0 atom stereocenters. The lowest BCUT2D eigenvalue weighted by Gasteiger charge is -2.12. The van der Waals surface area contributed by atoms with Crippen LogP contribution in [0.25, 0.3) is 22.9 Å². The van der Waals surface area contributed by atoms with Gasteiger partial charge in [0.1, 0.15) is 0 Å². The predicted octanol–water partition coefficient (Wildman–Crippen LogP) is 1.33. The molecule has 3 nitrogen and oxygen atoms in total. The van der Waals surface area contributed by atoms with E-state index in [-0.39, 0.29) is 11.7 Å². The fourth-order valence-corrected chi connectivity index (χ4v) is 2.95. The molecule has 2 aromatic rings. The first kappa shape index (κ1) is 10.5. The van der Waals surface area contributed by atoms with E-state index in [4.69, 9.17) is 0 Å². The Morgan fingerprint density at radius 2 is 1.58 bits per heavy atom. The average Bonchev–Trinajstić information content (AvgIpc) is 2.80. The van der Waals surface area contributed by atoms with Crippen molar-refractivity contribution in [2.24, 2.45) is 0 Å². The smallest absolute Gasteiger partial charge is 0.228 e. The molecule has 1 amide bonds. The maximum Gasteiger partial charge on any atom is 0.228 e. The summed E-state index contributed by atoms with van der Waals surface area (Å²) in [4.78, 5) is 23.1. The van der Waals surface area contributed by atoms with Crippen molar-refractivity contribution >= 4 is 40.3 Å². The van der Waals surface area contributed by atoms with Gasteiger partial charge in [0.15, 0.2) is 5.78 Å². The Bertz CT molecular complexity index is 878. The first-order chi connectivity index (χ1) is 9.24. The highest BCUT2D eigenvalue weighted by molar-refractivity contribution is 6.08. The molecule has 0 spiro atoms. The fraction of sp³-hybridized carbons (Fsp3) is 0.125. The van der Waals surface area contributed by atoms with Gasteiger partial charge in [0.25, 0.3) is 0 Å². The van der Waals surface area contributed by atoms with Crippen molar-refractivity contribution in [2.45, 2.75) is 12.8 Å². The van der Waals surface area contributed by atoms with Crippen LogP contribution >= 0.6 is 0 Å². The highest BCUT2D eigenvalue weighted by atomic mass is 16.1. The van der Waals surface area contributed by atoms with Crippen LogP contribution in [0.4, 0.5) is 5.69 Å². The number of amides is 1. The summed E-state index contributed by atoms with van der Waals surface area (Å²) in [6, 6.07) is 7.79. The van der Waals surface area contributed by atoms with Crippen LogP contribution in [-0.2, 0) is 4.79 Å². The Morgan fingerprint density at radius 1 is 0.842 bits per heavy atom. The van der Waals surface area contributed by atoms with E-state index in [1.165, 1.54) is 0 Å². The second-order valence-corrected chi connectivity index (χ2v) is 4.94. The molecule has 92 valence electrons. The van der Waals surface area contributed by atoms with E-state index >= 15 is 0 Å². The topological polar surface area (TPSA) is 46.2 Å². The SMILES string of the molecule is O=C1CC=c2c(ccc3c4c(ccc23)C(=O)CC=4)N1. The van der Waals surface area contributed by atoms with Crippen molar-refractivity contribution in [3.8, 4) is 0 Å². The van der Waals surface area contributed by atoms with Gasteiger partial charge in [-0.15, -0.1) is 0 Å². The van der Waals surface area contributed by atoms with E-state index in [1.807, 2.05) is 36.4 Å². The second-order valence-electron chi connectivity index (χ2n) is 4.94. The lowest BCUT2D eigenvalue weighted by Crippen LogP contribution is -2.24. The summed E-state index contributed by atoms with van der Waals surface area (Å²) >= 11 is 0. The lowest BCUT2D eigenvalue weighted by molar-refractivity contribution is -0.115. The number of ketones is 1. The molecule has 1 N–H and O–H groups in total. The zero-order valence-corrected chi connectivity index (χ0v) is 10.2. The van der Waals surface area contributed by atoms with Gasteiger partial charge in [-0.25, -0.2) is 0 Å². The molecule has 4 rings (SSSR count). The zero-order chi connectivity index (χ0) is 13.0. The minimum atomic E-state index is 0.0229. The first-order valence-corrected chi connectivity index (χ1v) is 6.33. The first-order valence-electron chi connectivity index (χ1n) is 6.33. The summed E-state index contributed by atoms with van der Waals surface area (Å²) < 4.78 is 0. The van der Waals surface area contributed by atoms with Crippen LogP contribution in [0.1, 0.15) is 23.2 Å². The molecule has 1 heterocycles. The summed E-state index contributed by atoms with van der Waals surface area (Å²) in [6.07, 6.45) is 4.85. The van der Waals surface area contributed by atoms with E-state index in [1.54, 1.807) is 0 Å². The van der Waals surface area contributed by atoms with Gasteiger partial charge < -0.3 is 5.32 Å². The molecule has 0 saturated carbocycles. The minimum Gasteiger partial charge on any atom is -0.325 e. The number of nitrogens with one attached hydrogen (secondary N) is 1. The Hall–Kier alpha value is -2.42. The van der Waals surface area contributed by atoms with Gasteiger partial charge >= 0.3 is 0 Å². The number of benzene rings is 2. The highest BCUT2D eigenvalue weighted by Crippen LogP contribution is 2.17. The lowest BCUT2D eigenvalue weighted by atomic mass is 10.00. The summed E-state index contributed by atoms with van der Waals surface area (Å²) in [5.41, 5.74) is 1.67. The number of rotatable bonds is 0. The maximum absolute atomic E-state index is 11.7. The number of carbonyl (C=O) groups excluding carboxylic acids is 2. The zero-order valence-electron chi connectivity index (χ0n) is 10.2. The minimum absolute atomic E-state index is 0.0229. The van der Waals surface area contributed by atoms with Crippen molar-refractivity contribution in [2.75, 3.05) is 5.32 Å². The summed E-state index contributed by atoms with van der Waals surface area (Å²) in [5, 5.41) is 7.17. The summed E-state index contributed by atoms with van der Waals surface area (Å²) in [7, 11) is 0. The largest absolute Gasteiger partial charge is 0.325 e. The Kier molecular flexibility index (Phi) is 1.96. The predicted molar refractivity (Wildman–Crippen MR) is 74.3 cm³/mol. The molecule has 2 aliphatic rings. The molecule has 0 saturated heterocycles. The van der Waals surface area contributed by atoms with E-state index in [2.05, 4.69) is 5.32 Å². The van der Waals surface area contributed by atoms with Crippen LogP contribution in [0.3, 0.4) is 0 Å². The number of anilines is 1. The van der Waals surface area contributed by atoms with Crippen molar-refractivity contribution in [1.82, 2.24) is 0 Å². The molecule has 1 aliphatic heterocycles. The highest BCUT2D eigenvalue weighted by Gasteiger charge is 2.16. The number of hydrogen-bond acceptors (Lipinski definition) is 2. The van der Waals surface area contributed by atoms with Crippen LogP contribution in [0, 0.1) is 0 Å². The van der Waals surface area contributed by atoms with E-state index in [0.717, 1.165) is 32.5 Å². The van der Waals surface area contributed by atoms with E-state index < -0.39 is 0 Å². The van der Waals surface area contributed by atoms with Crippen LogP contribution in [0.5, 0.6) is 0 Å². The van der Waals surface area contributed by atoms with Gasteiger partial charge in [-0.3, -0.25) is 9.59 Å². The molecule has 2 aromatic carbocycles. The average molecular weight is 249 g/mol. The van der Waals surface area contributed by atoms with Crippen LogP contribution in [0.15, 0.2) is 24.3 Å². The van der Waals surface area contributed by atoms with Gasteiger partial charge in [0.05, 0.1) is 0 Å². The molecule has 3 heteroatoms. The molecule has 19 heavy (non-hydrogen) atoms. The Labute approximate surface area is 109 Å². The van der Waals surface area contributed by atoms with Gasteiger partial charge in [-0.2, -0.15) is 0 Å². The molecule has 0 radical (unpaired) electrons. The molecular weight excluding hydrogens is 238 g/mol. The number of fused-ring (bicyclic) bond motifs is 5. The van der Waals surface area contributed by atoms with Crippen LogP contribution < -0.4 is 15.8 Å². The van der Waals surface area contributed by atoms with E-state index in [0.29, 0.717) is 12.8 Å². The molecular formula is C16H11NO2. The third-order valence-electron chi connectivity index (χ3n) is 3.84. The van der Waals surface area contributed by atoms with E-state index in [9.17, 15) is 9.59 Å². The number of Topliss-reactive ketones (excluding diaryl/α,β-unsaturated/α-hetero) is 1. The summed E-state index contributed by atoms with van der Waals surface area (Å²) in [5.74, 6) is 0.210. The maximum atomic E-state index is 11.7. The Balaban J connectivity index is 2.16. The molecule has 0 aromatic heterocycles. The standard InChI is InChI=1S/C16H11NO2/c18-15-7-4-11-9-3-6-14-12(5-8-16(19)17-14)10(9)1-2-13(11)15/h1-6H,7-8H2,(H,17,19). The van der Waals surface area contributed by atoms with Gasteiger partial charge in [-0.1, -0.05) is 30.4 Å². The third-order valence-corrected chi connectivity index (χ3v) is 3.84. The van der Waals surface area contributed by atoms with Crippen molar-refractivity contribution in [3.05, 3.63) is 40.3 Å². The van der Waals surface area contributed by atoms with Crippen molar-refractivity contribution in [3.63, 3.8) is 0 Å². The normalized spacial score (nSPS) is 16.4. The number of hydrogen-bond donors (Lipinski definition) is 1. The van der Waals surface area contributed by atoms with Gasteiger partial charge in [0.2, 0.25) is 5.91 Å². The van der Waals surface area contributed by atoms with Gasteiger partial charge in [-0.05, 0) is 22.1 Å². The quantitative estimate of drug-likeness (QED) is 0.765. The second kappa shape index (κ2) is 3.54. The van der Waals surface area contributed by atoms with Crippen LogP contribution in [-0.4, -0.2) is 11.7 Å². The molecule has 1 aliphatic carbocycles. The molecule has 0 fully saturated rings. The Morgan fingerprint density at radius 3 is 2.47 bits per heavy atom. The molecule has 0 unspecified atom stereocenters. The summed E-state index contributed by atoms with van der Waals surface area (Å²) in [6.45, 7) is 0. The number of carbonyl (C=O) groups is 2. The van der Waals surface area contributed by atoms with Gasteiger partial charge in [0, 0.05) is 29.3 Å². The monoisotopic (exact) mass is 249 g/mol. The van der Waals surface area contributed by atoms with Crippen LogP contribution in [0.2, 0.25) is 0 Å². The fourth-order valence-electron chi connectivity index (χ4n) is 2.95.